The van der Waals surface area contributed by atoms with Crippen LogP contribution >= 0.6 is 0 Å². The number of para-hydroxylation sites is 1. The molecule has 108 valence electrons. The summed E-state index contributed by atoms with van der Waals surface area (Å²) >= 11 is 0. The molecule has 0 saturated carbocycles. The number of hydrogen-bond donors (Lipinski definition) is 0. The Hall–Kier alpha value is -1.35. The summed E-state index contributed by atoms with van der Waals surface area (Å²) in [7, 11) is 0. The number of fused-ring (bicyclic) bond motifs is 1. The molecule has 0 radical (unpaired) electrons. The second-order valence-electron chi connectivity index (χ2n) is 6.12. The van der Waals surface area contributed by atoms with E-state index < -0.39 is 0 Å². The van der Waals surface area contributed by atoms with Crippen LogP contribution in [0, 0.1) is 5.92 Å². The van der Waals surface area contributed by atoms with Crippen molar-refractivity contribution >= 4 is 10.9 Å². The minimum absolute atomic E-state index is 0.566. The third-order valence-electron chi connectivity index (χ3n) is 4.84. The number of likely N-dealkylation sites (tertiary alicyclic amines) is 1. The van der Waals surface area contributed by atoms with Gasteiger partial charge in [0.05, 0.1) is 18.3 Å². The van der Waals surface area contributed by atoms with Crippen LogP contribution in [0.5, 0.6) is 0 Å². The molecule has 1 unspecified atom stereocenters. The molecule has 1 aromatic heterocycles. The summed E-state index contributed by atoms with van der Waals surface area (Å²) in [5.74, 6) is 0.948. The Kier molecular flexibility index (Phi) is 4.06. The Bertz CT molecular complexity index is 552. The van der Waals surface area contributed by atoms with Crippen molar-refractivity contribution in [2.45, 2.75) is 45.7 Å². The zero-order chi connectivity index (χ0) is 13.9. The Morgan fingerprint density at radius 2 is 2.00 bits per heavy atom. The number of benzene rings is 1. The van der Waals surface area contributed by atoms with Crippen molar-refractivity contribution in [3.8, 4) is 0 Å². The molecule has 20 heavy (non-hydrogen) atoms. The van der Waals surface area contributed by atoms with Gasteiger partial charge in [-0.1, -0.05) is 31.5 Å². The van der Waals surface area contributed by atoms with E-state index in [9.17, 15) is 0 Å². The highest BCUT2D eigenvalue weighted by Crippen LogP contribution is 2.22. The summed E-state index contributed by atoms with van der Waals surface area (Å²) < 4.78 is 2.16. The highest BCUT2D eigenvalue weighted by atomic mass is 15.3. The van der Waals surface area contributed by atoms with Crippen LogP contribution in [-0.2, 0) is 6.54 Å². The Balaban J connectivity index is 1.65. The van der Waals surface area contributed by atoms with Gasteiger partial charge >= 0.3 is 0 Å². The lowest BCUT2D eigenvalue weighted by atomic mass is 9.94. The fourth-order valence-electron chi connectivity index (χ4n) is 3.34. The van der Waals surface area contributed by atoms with Crippen molar-refractivity contribution in [3.63, 3.8) is 0 Å². The summed E-state index contributed by atoms with van der Waals surface area (Å²) in [6.07, 6.45) is 6.04. The predicted octanol–water partition coefficient (Wildman–Crippen LogP) is 3.55. The van der Waals surface area contributed by atoms with Gasteiger partial charge in [0.1, 0.15) is 0 Å². The molecule has 1 saturated heterocycles. The lowest BCUT2D eigenvalue weighted by Crippen LogP contribution is -2.42. The minimum atomic E-state index is 0.566. The maximum atomic E-state index is 4.55. The first-order chi connectivity index (χ1) is 9.78. The van der Waals surface area contributed by atoms with Crippen molar-refractivity contribution in [1.82, 2.24) is 14.7 Å². The molecule has 3 rings (SSSR count). The van der Waals surface area contributed by atoms with Gasteiger partial charge in [-0.2, -0.15) is 5.10 Å². The molecule has 1 aliphatic rings. The normalized spacial score (nSPS) is 19.5. The van der Waals surface area contributed by atoms with Crippen LogP contribution in [0.15, 0.2) is 30.5 Å². The zero-order valence-corrected chi connectivity index (χ0v) is 12.6. The Morgan fingerprint density at radius 1 is 1.25 bits per heavy atom. The van der Waals surface area contributed by atoms with E-state index in [2.05, 4.69) is 52.8 Å². The van der Waals surface area contributed by atoms with Crippen molar-refractivity contribution in [3.05, 3.63) is 30.5 Å². The molecule has 1 aliphatic heterocycles. The predicted molar refractivity (Wildman–Crippen MR) is 83.8 cm³/mol. The molecular formula is C17H25N3. The summed E-state index contributed by atoms with van der Waals surface area (Å²) in [6.45, 7) is 8.14. The molecule has 2 aromatic rings. The average Bonchev–Trinajstić information content (AvgIpc) is 2.91. The van der Waals surface area contributed by atoms with Gasteiger partial charge in [-0.25, -0.2) is 0 Å². The highest BCUT2D eigenvalue weighted by Gasteiger charge is 2.22. The third-order valence-corrected chi connectivity index (χ3v) is 4.84. The standard InChI is InChI=1S/C17H25N3/c1-3-15-8-10-19(11-9-15)14(2)13-20-17-7-5-4-6-16(17)12-18-20/h4-7,12,14-15H,3,8-11,13H2,1-2H3. The molecule has 1 fully saturated rings. The van der Waals surface area contributed by atoms with Crippen molar-refractivity contribution in [1.29, 1.82) is 0 Å². The first kappa shape index (κ1) is 13.6. The molecule has 0 amide bonds. The van der Waals surface area contributed by atoms with Gasteiger partial charge in [-0.15, -0.1) is 0 Å². The molecule has 0 aliphatic carbocycles. The summed E-state index contributed by atoms with van der Waals surface area (Å²) in [5.41, 5.74) is 1.25. The molecular weight excluding hydrogens is 246 g/mol. The van der Waals surface area contributed by atoms with Gasteiger partial charge in [-0.05, 0) is 44.8 Å². The fraction of sp³-hybridized carbons (Fsp3) is 0.588. The monoisotopic (exact) mass is 271 g/mol. The Morgan fingerprint density at radius 3 is 2.75 bits per heavy atom. The second kappa shape index (κ2) is 5.96. The van der Waals surface area contributed by atoms with E-state index in [0.29, 0.717) is 6.04 Å². The molecule has 1 aromatic carbocycles. The number of piperidine rings is 1. The highest BCUT2D eigenvalue weighted by molar-refractivity contribution is 5.78. The van der Waals surface area contributed by atoms with E-state index in [1.54, 1.807) is 0 Å². The average molecular weight is 271 g/mol. The van der Waals surface area contributed by atoms with Gasteiger partial charge in [-0.3, -0.25) is 9.58 Å². The summed E-state index contributed by atoms with van der Waals surface area (Å²) in [6, 6.07) is 9.04. The van der Waals surface area contributed by atoms with Crippen LogP contribution in [0.1, 0.15) is 33.1 Å². The Labute approximate surface area is 121 Å². The van der Waals surface area contributed by atoms with Crippen molar-refractivity contribution in [2.24, 2.45) is 5.92 Å². The van der Waals surface area contributed by atoms with Gasteiger partial charge in [0.25, 0.3) is 0 Å². The number of nitrogens with zero attached hydrogens (tertiary/aromatic N) is 3. The van der Waals surface area contributed by atoms with E-state index in [0.717, 1.165) is 12.5 Å². The van der Waals surface area contributed by atoms with Crippen LogP contribution in [0.2, 0.25) is 0 Å². The van der Waals surface area contributed by atoms with E-state index >= 15 is 0 Å². The molecule has 0 bridgehead atoms. The molecule has 0 spiro atoms. The number of aromatic nitrogens is 2. The van der Waals surface area contributed by atoms with Crippen LogP contribution in [0.25, 0.3) is 10.9 Å². The third kappa shape index (κ3) is 2.73. The second-order valence-corrected chi connectivity index (χ2v) is 6.12. The quantitative estimate of drug-likeness (QED) is 0.848. The lowest BCUT2D eigenvalue weighted by molar-refractivity contribution is 0.127. The van der Waals surface area contributed by atoms with Gasteiger partial charge < -0.3 is 0 Å². The van der Waals surface area contributed by atoms with Gasteiger partial charge in [0.15, 0.2) is 0 Å². The van der Waals surface area contributed by atoms with Gasteiger partial charge in [0.2, 0.25) is 0 Å². The smallest absolute Gasteiger partial charge is 0.0683 e. The van der Waals surface area contributed by atoms with Crippen LogP contribution in [-0.4, -0.2) is 33.8 Å². The van der Waals surface area contributed by atoms with Crippen LogP contribution in [0.4, 0.5) is 0 Å². The first-order valence-corrected chi connectivity index (χ1v) is 7.92. The lowest BCUT2D eigenvalue weighted by Gasteiger charge is -2.35. The molecule has 0 N–H and O–H groups in total. The van der Waals surface area contributed by atoms with Crippen LogP contribution < -0.4 is 0 Å². The SMILES string of the molecule is CCC1CCN(C(C)Cn2ncc3ccccc32)CC1. The molecule has 3 nitrogen and oxygen atoms in total. The maximum absolute atomic E-state index is 4.55. The largest absolute Gasteiger partial charge is 0.299 e. The molecule has 2 heterocycles. The minimum Gasteiger partial charge on any atom is -0.299 e. The topological polar surface area (TPSA) is 21.1 Å². The first-order valence-electron chi connectivity index (χ1n) is 7.92. The van der Waals surface area contributed by atoms with Crippen molar-refractivity contribution < 1.29 is 0 Å². The zero-order valence-electron chi connectivity index (χ0n) is 12.6. The van der Waals surface area contributed by atoms with Crippen molar-refractivity contribution in [2.75, 3.05) is 13.1 Å². The fourth-order valence-corrected chi connectivity index (χ4v) is 3.34. The van der Waals surface area contributed by atoms with Crippen LogP contribution in [0.3, 0.4) is 0 Å². The summed E-state index contributed by atoms with van der Waals surface area (Å²) in [4.78, 5) is 2.63. The van der Waals surface area contributed by atoms with E-state index in [-0.39, 0.29) is 0 Å². The number of rotatable bonds is 4. The maximum Gasteiger partial charge on any atom is 0.0683 e. The van der Waals surface area contributed by atoms with E-state index in [1.165, 1.54) is 43.3 Å². The van der Waals surface area contributed by atoms with E-state index in [1.807, 2.05) is 6.20 Å². The summed E-state index contributed by atoms with van der Waals surface area (Å²) in [5, 5.41) is 5.79. The molecule has 3 heteroatoms. The molecule has 1 atom stereocenters. The van der Waals surface area contributed by atoms with E-state index in [4.69, 9.17) is 0 Å². The van der Waals surface area contributed by atoms with Gasteiger partial charge in [0, 0.05) is 11.4 Å². The number of hydrogen-bond acceptors (Lipinski definition) is 2.